The normalized spacial score (nSPS) is 12.4. The number of benzene rings is 1. The van der Waals surface area contributed by atoms with E-state index < -0.39 is 6.10 Å². The summed E-state index contributed by atoms with van der Waals surface area (Å²) < 4.78 is 0. The number of aromatic hydroxyl groups is 2. The van der Waals surface area contributed by atoms with Gasteiger partial charge >= 0.3 is 0 Å². The van der Waals surface area contributed by atoms with Gasteiger partial charge in [-0.25, -0.2) is 0 Å². The molecule has 14 heavy (non-hydrogen) atoms. The van der Waals surface area contributed by atoms with E-state index in [9.17, 15) is 10.2 Å². The van der Waals surface area contributed by atoms with Gasteiger partial charge < -0.3 is 15.3 Å². The Labute approximate surface area is 82.9 Å². The topological polar surface area (TPSA) is 60.7 Å². The molecule has 1 aromatic carbocycles. The minimum Gasteiger partial charge on any atom is -0.504 e. The van der Waals surface area contributed by atoms with Crippen molar-refractivity contribution in [3.63, 3.8) is 0 Å². The van der Waals surface area contributed by atoms with E-state index in [4.69, 9.17) is 5.11 Å². The number of aliphatic hydroxyl groups excluding tert-OH is 1. The Bertz CT molecular complexity index is 344. The quantitative estimate of drug-likeness (QED) is 0.505. The minimum absolute atomic E-state index is 0.154. The highest BCUT2D eigenvalue weighted by atomic mass is 16.3. The predicted octanol–water partition coefficient (Wildman–Crippen LogP) is 1.58. The van der Waals surface area contributed by atoms with E-state index >= 15 is 0 Å². The first-order valence-electron chi connectivity index (χ1n) is 4.35. The highest BCUT2D eigenvalue weighted by molar-refractivity contribution is 5.40. The summed E-state index contributed by atoms with van der Waals surface area (Å²) >= 11 is 0. The highest BCUT2D eigenvalue weighted by Crippen LogP contribution is 2.25. The number of phenols is 2. The monoisotopic (exact) mass is 194 g/mol. The van der Waals surface area contributed by atoms with Crippen LogP contribution in [-0.2, 0) is 6.42 Å². The Morgan fingerprint density at radius 1 is 1.36 bits per heavy atom. The molecule has 3 heteroatoms. The minimum atomic E-state index is -0.612. The summed E-state index contributed by atoms with van der Waals surface area (Å²) in [5, 5.41) is 27.8. The van der Waals surface area contributed by atoms with Crippen LogP contribution in [0.25, 0.3) is 0 Å². The first-order valence-corrected chi connectivity index (χ1v) is 4.35. The predicted molar refractivity (Wildman–Crippen MR) is 54.3 cm³/mol. The maximum atomic E-state index is 9.50. The molecule has 0 amide bonds. The molecule has 0 heterocycles. The molecule has 0 radical (unpaired) electrons. The lowest BCUT2D eigenvalue weighted by molar-refractivity contribution is 0.212. The fourth-order valence-corrected chi connectivity index (χ4v) is 1.09. The third-order valence-electron chi connectivity index (χ3n) is 2.04. The van der Waals surface area contributed by atoms with Crippen molar-refractivity contribution in [2.45, 2.75) is 19.4 Å². The van der Waals surface area contributed by atoms with Crippen molar-refractivity contribution in [2.24, 2.45) is 0 Å². The lowest BCUT2D eigenvalue weighted by Crippen LogP contribution is -2.10. The molecular formula is C11H14O3. The lowest BCUT2D eigenvalue weighted by Gasteiger charge is -2.10. The molecule has 3 N–H and O–H groups in total. The standard InChI is InChI=1S/C11H14O3/c1-7(2)10(13)5-8-3-4-9(12)11(14)6-8/h3-4,6,10,12-14H,1,5H2,2H3/t10-/m1/s1. The summed E-state index contributed by atoms with van der Waals surface area (Å²) in [6.07, 6.45) is -0.220. The van der Waals surface area contributed by atoms with Crippen molar-refractivity contribution in [3.8, 4) is 11.5 Å². The largest absolute Gasteiger partial charge is 0.504 e. The van der Waals surface area contributed by atoms with Crippen molar-refractivity contribution in [1.29, 1.82) is 0 Å². The summed E-state index contributed by atoms with van der Waals surface area (Å²) in [7, 11) is 0. The number of phenolic OH excluding ortho intramolecular Hbond substituents is 2. The van der Waals surface area contributed by atoms with Gasteiger partial charge in [0.05, 0.1) is 6.10 Å². The van der Waals surface area contributed by atoms with Gasteiger partial charge in [0.25, 0.3) is 0 Å². The molecule has 0 aliphatic carbocycles. The van der Waals surface area contributed by atoms with Gasteiger partial charge in [-0.3, -0.25) is 0 Å². The second kappa shape index (κ2) is 4.15. The second-order valence-corrected chi connectivity index (χ2v) is 3.39. The Balaban J connectivity index is 2.78. The Morgan fingerprint density at radius 2 is 2.00 bits per heavy atom. The molecule has 3 nitrogen and oxygen atoms in total. The molecule has 0 saturated heterocycles. The summed E-state index contributed by atoms with van der Waals surface area (Å²) in [5.41, 5.74) is 1.44. The van der Waals surface area contributed by atoms with Crippen molar-refractivity contribution in [1.82, 2.24) is 0 Å². The molecule has 1 atom stereocenters. The lowest BCUT2D eigenvalue weighted by atomic mass is 10.0. The molecule has 0 bridgehead atoms. The maximum absolute atomic E-state index is 9.50. The van der Waals surface area contributed by atoms with E-state index in [0.717, 1.165) is 5.56 Å². The fourth-order valence-electron chi connectivity index (χ4n) is 1.09. The van der Waals surface area contributed by atoms with Crippen molar-refractivity contribution >= 4 is 0 Å². The van der Waals surface area contributed by atoms with Crippen LogP contribution < -0.4 is 0 Å². The van der Waals surface area contributed by atoms with Gasteiger partial charge in [-0.15, -0.1) is 0 Å². The molecule has 0 fully saturated rings. The van der Waals surface area contributed by atoms with Crippen LogP contribution in [-0.4, -0.2) is 21.4 Å². The van der Waals surface area contributed by atoms with Gasteiger partial charge in [0.2, 0.25) is 0 Å². The molecule has 1 aromatic rings. The molecular weight excluding hydrogens is 180 g/mol. The molecule has 0 unspecified atom stereocenters. The van der Waals surface area contributed by atoms with E-state index in [1.807, 2.05) is 0 Å². The van der Waals surface area contributed by atoms with Gasteiger partial charge in [-0.2, -0.15) is 0 Å². The summed E-state index contributed by atoms with van der Waals surface area (Å²) in [4.78, 5) is 0. The third kappa shape index (κ3) is 2.50. The van der Waals surface area contributed by atoms with Gasteiger partial charge in [-0.05, 0) is 24.6 Å². The van der Waals surface area contributed by atoms with Crippen LogP contribution in [0.2, 0.25) is 0 Å². The van der Waals surface area contributed by atoms with Crippen LogP contribution in [0.5, 0.6) is 11.5 Å². The Morgan fingerprint density at radius 3 is 2.50 bits per heavy atom. The molecule has 76 valence electrons. The molecule has 0 spiro atoms. The molecule has 0 saturated carbocycles. The summed E-state index contributed by atoms with van der Waals surface area (Å²) in [6, 6.07) is 4.48. The van der Waals surface area contributed by atoms with Crippen LogP contribution in [0.4, 0.5) is 0 Å². The van der Waals surface area contributed by atoms with Crippen LogP contribution in [0, 0.1) is 0 Å². The number of aliphatic hydroxyl groups is 1. The van der Waals surface area contributed by atoms with Gasteiger partial charge in [-0.1, -0.05) is 18.2 Å². The van der Waals surface area contributed by atoms with E-state index in [1.54, 1.807) is 13.0 Å². The number of hydrogen-bond acceptors (Lipinski definition) is 3. The van der Waals surface area contributed by atoms with E-state index in [-0.39, 0.29) is 11.5 Å². The average Bonchev–Trinajstić information content (AvgIpc) is 2.11. The summed E-state index contributed by atoms with van der Waals surface area (Å²) in [6.45, 7) is 5.37. The van der Waals surface area contributed by atoms with Crippen molar-refractivity contribution in [2.75, 3.05) is 0 Å². The van der Waals surface area contributed by atoms with Crippen LogP contribution in [0.1, 0.15) is 12.5 Å². The molecule has 0 aliphatic rings. The van der Waals surface area contributed by atoms with E-state index in [0.29, 0.717) is 12.0 Å². The molecule has 0 aliphatic heterocycles. The SMILES string of the molecule is C=C(C)[C@H](O)Cc1ccc(O)c(O)c1. The average molecular weight is 194 g/mol. The molecule has 0 aromatic heterocycles. The Hall–Kier alpha value is -1.48. The van der Waals surface area contributed by atoms with Crippen LogP contribution in [0.15, 0.2) is 30.4 Å². The molecule has 1 rings (SSSR count). The maximum Gasteiger partial charge on any atom is 0.157 e. The van der Waals surface area contributed by atoms with E-state index in [2.05, 4.69) is 6.58 Å². The smallest absolute Gasteiger partial charge is 0.157 e. The first-order chi connectivity index (χ1) is 6.50. The van der Waals surface area contributed by atoms with Gasteiger partial charge in [0, 0.05) is 6.42 Å². The first kappa shape index (κ1) is 10.6. The second-order valence-electron chi connectivity index (χ2n) is 3.39. The zero-order valence-electron chi connectivity index (χ0n) is 8.07. The zero-order chi connectivity index (χ0) is 10.7. The van der Waals surface area contributed by atoms with Crippen molar-refractivity contribution in [3.05, 3.63) is 35.9 Å². The zero-order valence-corrected chi connectivity index (χ0v) is 8.07. The Kier molecular flexibility index (Phi) is 3.14. The van der Waals surface area contributed by atoms with Crippen molar-refractivity contribution < 1.29 is 15.3 Å². The highest BCUT2D eigenvalue weighted by Gasteiger charge is 2.07. The fraction of sp³-hybridized carbons (Fsp3) is 0.273. The number of hydrogen-bond donors (Lipinski definition) is 3. The summed E-state index contributed by atoms with van der Waals surface area (Å²) in [5.74, 6) is -0.324. The van der Waals surface area contributed by atoms with Crippen LogP contribution in [0.3, 0.4) is 0 Å². The van der Waals surface area contributed by atoms with Gasteiger partial charge in [0.15, 0.2) is 11.5 Å². The van der Waals surface area contributed by atoms with Crippen LogP contribution >= 0.6 is 0 Å². The number of rotatable bonds is 3. The van der Waals surface area contributed by atoms with Gasteiger partial charge in [0.1, 0.15) is 0 Å². The van der Waals surface area contributed by atoms with E-state index in [1.165, 1.54) is 12.1 Å². The third-order valence-corrected chi connectivity index (χ3v) is 2.04.